The zero-order chi connectivity index (χ0) is 16.2. The van der Waals surface area contributed by atoms with Gasteiger partial charge in [-0.05, 0) is 24.3 Å². The van der Waals surface area contributed by atoms with Crippen LogP contribution in [0.5, 0.6) is 0 Å². The van der Waals surface area contributed by atoms with Gasteiger partial charge in [0, 0.05) is 55.8 Å². The Labute approximate surface area is 133 Å². The van der Waals surface area contributed by atoms with E-state index in [1.54, 1.807) is 24.4 Å². The maximum atomic E-state index is 10.7. The Bertz CT molecular complexity index is 692. The lowest BCUT2D eigenvalue weighted by Gasteiger charge is -2.36. The minimum Gasteiger partial charge on any atom is -0.368 e. The van der Waals surface area contributed by atoms with Gasteiger partial charge in [-0.25, -0.2) is 4.98 Å². The first-order valence-corrected chi connectivity index (χ1v) is 7.33. The van der Waals surface area contributed by atoms with E-state index < -0.39 is 4.92 Å². The lowest BCUT2D eigenvalue weighted by Crippen LogP contribution is -2.46. The summed E-state index contributed by atoms with van der Waals surface area (Å²) in [5.74, 6) is 0.860. The van der Waals surface area contributed by atoms with Gasteiger partial charge in [-0.2, -0.15) is 0 Å². The van der Waals surface area contributed by atoms with Crippen molar-refractivity contribution in [2.75, 3.05) is 36.0 Å². The number of nitro benzene ring substituents is 1. The second-order valence-electron chi connectivity index (χ2n) is 5.32. The van der Waals surface area contributed by atoms with Gasteiger partial charge in [-0.3, -0.25) is 14.9 Å². The van der Waals surface area contributed by atoms with Gasteiger partial charge in [0.15, 0.2) is 6.29 Å². The van der Waals surface area contributed by atoms with Crippen LogP contribution in [0.1, 0.15) is 10.4 Å². The Morgan fingerprint density at radius 1 is 1.00 bits per heavy atom. The molecule has 0 radical (unpaired) electrons. The Morgan fingerprint density at radius 3 is 2.17 bits per heavy atom. The van der Waals surface area contributed by atoms with Gasteiger partial charge in [0.2, 0.25) is 0 Å². The zero-order valence-corrected chi connectivity index (χ0v) is 12.5. The number of piperazine rings is 1. The van der Waals surface area contributed by atoms with Gasteiger partial charge >= 0.3 is 0 Å². The Morgan fingerprint density at radius 2 is 1.65 bits per heavy atom. The molecule has 1 fully saturated rings. The van der Waals surface area contributed by atoms with Crippen molar-refractivity contribution < 1.29 is 9.72 Å². The van der Waals surface area contributed by atoms with Crippen molar-refractivity contribution in [1.82, 2.24) is 4.98 Å². The molecule has 7 heteroatoms. The van der Waals surface area contributed by atoms with E-state index in [0.29, 0.717) is 5.56 Å². The molecule has 1 saturated heterocycles. The number of benzene rings is 1. The normalized spacial score (nSPS) is 14.6. The van der Waals surface area contributed by atoms with E-state index >= 15 is 0 Å². The number of carbonyl (C=O) groups is 1. The summed E-state index contributed by atoms with van der Waals surface area (Å²) in [6.07, 6.45) is 2.36. The maximum Gasteiger partial charge on any atom is 0.269 e. The molecule has 0 amide bonds. The van der Waals surface area contributed by atoms with Crippen molar-refractivity contribution in [1.29, 1.82) is 0 Å². The average molecular weight is 312 g/mol. The van der Waals surface area contributed by atoms with Crippen LogP contribution >= 0.6 is 0 Å². The number of hydrogen-bond donors (Lipinski definition) is 0. The third-order valence-electron chi connectivity index (χ3n) is 3.94. The number of anilines is 2. The highest BCUT2D eigenvalue weighted by Gasteiger charge is 2.18. The number of non-ortho nitro benzene ring substituents is 1. The second-order valence-corrected chi connectivity index (χ2v) is 5.32. The molecule has 0 unspecified atom stereocenters. The Kier molecular flexibility index (Phi) is 4.18. The largest absolute Gasteiger partial charge is 0.368 e. The van der Waals surface area contributed by atoms with Crippen molar-refractivity contribution in [3.8, 4) is 0 Å². The first kappa shape index (κ1) is 15.0. The van der Waals surface area contributed by atoms with Crippen LogP contribution in [0, 0.1) is 10.1 Å². The third kappa shape index (κ3) is 3.28. The minimum atomic E-state index is -0.392. The van der Waals surface area contributed by atoms with Crippen LogP contribution in [-0.4, -0.2) is 42.4 Å². The lowest BCUT2D eigenvalue weighted by atomic mass is 10.2. The number of hydrogen-bond acceptors (Lipinski definition) is 6. The predicted octanol–water partition coefficient (Wildman–Crippen LogP) is 2.13. The van der Waals surface area contributed by atoms with E-state index in [2.05, 4.69) is 14.8 Å². The molecular formula is C16H16N4O3. The average Bonchev–Trinajstić information content (AvgIpc) is 2.62. The fourth-order valence-electron chi connectivity index (χ4n) is 2.63. The van der Waals surface area contributed by atoms with Gasteiger partial charge in [-0.15, -0.1) is 0 Å². The maximum absolute atomic E-state index is 10.7. The summed E-state index contributed by atoms with van der Waals surface area (Å²) in [5, 5.41) is 10.7. The molecule has 23 heavy (non-hydrogen) atoms. The molecule has 1 aromatic carbocycles. The minimum absolute atomic E-state index is 0.104. The monoisotopic (exact) mass is 312 g/mol. The van der Waals surface area contributed by atoms with Crippen molar-refractivity contribution in [3.05, 3.63) is 58.3 Å². The fraction of sp³-hybridized carbons (Fsp3) is 0.250. The molecule has 0 saturated carbocycles. The molecule has 0 bridgehead atoms. The number of pyridine rings is 1. The van der Waals surface area contributed by atoms with Crippen molar-refractivity contribution in [3.63, 3.8) is 0 Å². The third-order valence-corrected chi connectivity index (χ3v) is 3.94. The van der Waals surface area contributed by atoms with E-state index in [1.807, 2.05) is 6.07 Å². The molecule has 0 N–H and O–H groups in total. The summed E-state index contributed by atoms with van der Waals surface area (Å²) >= 11 is 0. The summed E-state index contributed by atoms with van der Waals surface area (Å²) in [4.78, 5) is 29.6. The number of nitro groups is 1. The fourth-order valence-corrected chi connectivity index (χ4v) is 2.63. The van der Waals surface area contributed by atoms with E-state index in [0.717, 1.165) is 44.0 Å². The summed E-state index contributed by atoms with van der Waals surface area (Å²) < 4.78 is 0. The second kappa shape index (κ2) is 6.43. The van der Waals surface area contributed by atoms with Crippen LogP contribution in [0.15, 0.2) is 42.6 Å². The predicted molar refractivity (Wildman–Crippen MR) is 87.1 cm³/mol. The topological polar surface area (TPSA) is 79.6 Å². The molecule has 2 heterocycles. The van der Waals surface area contributed by atoms with Crippen LogP contribution in [0.4, 0.5) is 17.2 Å². The number of nitrogens with zero attached hydrogens (tertiary/aromatic N) is 4. The Balaban J connectivity index is 1.63. The summed E-state index contributed by atoms with van der Waals surface area (Å²) in [6.45, 7) is 3.25. The quantitative estimate of drug-likeness (QED) is 0.489. The van der Waals surface area contributed by atoms with Crippen LogP contribution in [0.2, 0.25) is 0 Å². The van der Waals surface area contributed by atoms with Crippen LogP contribution in [0.3, 0.4) is 0 Å². The van der Waals surface area contributed by atoms with Gasteiger partial charge in [-0.1, -0.05) is 0 Å². The molecule has 0 atom stereocenters. The van der Waals surface area contributed by atoms with Gasteiger partial charge < -0.3 is 9.80 Å². The highest BCUT2D eigenvalue weighted by atomic mass is 16.6. The molecule has 1 aromatic heterocycles. The SMILES string of the molecule is O=Cc1ccc(N2CCN(c3ccc([N+](=O)[O-])cc3)CC2)nc1. The van der Waals surface area contributed by atoms with Crippen molar-refractivity contribution in [2.45, 2.75) is 0 Å². The number of rotatable bonds is 4. The molecule has 1 aliphatic heterocycles. The Hall–Kier alpha value is -2.96. The zero-order valence-electron chi connectivity index (χ0n) is 12.5. The van der Waals surface area contributed by atoms with Gasteiger partial charge in [0.1, 0.15) is 5.82 Å². The molecular weight excluding hydrogens is 296 g/mol. The lowest BCUT2D eigenvalue weighted by molar-refractivity contribution is -0.384. The van der Waals surface area contributed by atoms with E-state index in [-0.39, 0.29) is 5.69 Å². The first-order chi connectivity index (χ1) is 11.2. The summed E-state index contributed by atoms with van der Waals surface area (Å²) in [6, 6.07) is 10.2. The van der Waals surface area contributed by atoms with E-state index in [4.69, 9.17) is 0 Å². The smallest absolute Gasteiger partial charge is 0.269 e. The first-order valence-electron chi connectivity index (χ1n) is 7.33. The molecule has 0 aliphatic carbocycles. The van der Waals surface area contributed by atoms with E-state index in [1.165, 1.54) is 12.1 Å². The molecule has 3 rings (SSSR count). The highest BCUT2D eigenvalue weighted by Crippen LogP contribution is 2.22. The van der Waals surface area contributed by atoms with Gasteiger partial charge in [0.05, 0.1) is 4.92 Å². The van der Waals surface area contributed by atoms with E-state index in [9.17, 15) is 14.9 Å². The standard InChI is InChI=1S/C16H16N4O3/c21-12-13-1-6-16(17-11-13)19-9-7-18(8-10-19)14-2-4-15(5-3-14)20(22)23/h1-6,11-12H,7-10H2. The summed E-state index contributed by atoms with van der Waals surface area (Å²) in [5.41, 5.74) is 1.66. The van der Waals surface area contributed by atoms with Crippen molar-refractivity contribution >= 4 is 23.5 Å². The van der Waals surface area contributed by atoms with Crippen LogP contribution < -0.4 is 9.80 Å². The molecule has 1 aliphatic rings. The molecule has 7 nitrogen and oxygen atoms in total. The molecule has 118 valence electrons. The van der Waals surface area contributed by atoms with Crippen LogP contribution in [-0.2, 0) is 0 Å². The van der Waals surface area contributed by atoms with Crippen molar-refractivity contribution in [2.24, 2.45) is 0 Å². The highest BCUT2D eigenvalue weighted by molar-refractivity contribution is 5.74. The number of carbonyl (C=O) groups excluding carboxylic acids is 1. The number of aromatic nitrogens is 1. The summed E-state index contributed by atoms with van der Waals surface area (Å²) in [7, 11) is 0. The van der Waals surface area contributed by atoms with Crippen LogP contribution in [0.25, 0.3) is 0 Å². The van der Waals surface area contributed by atoms with Gasteiger partial charge in [0.25, 0.3) is 5.69 Å². The number of aldehydes is 1. The molecule has 2 aromatic rings. The molecule has 0 spiro atoms.